The number of ether oxygens (including phenoxy) is 2. The van der Waals surface area contributed by atoms with Crippen molar-refractivity contribution in [2.75, 3.05) is 20.3 Å². The number of hydrogen-bond acceptors (Lipinski definition) is 7. The summed E-state index contributed by atoms with van der Waals surface area (Å²) in [6.07, 6.45) is 7.37. The van der Waals surface area contributed by atoms with Gasteiger partial charge in [0.15, 0.2) is 5.82 Å². The van der Waals surface area contributed by atoms with E-state index >= 15 is 0 Å². The van der Waals surface area contributed by atoms with E-state index in [1.54, 1.807) is 30.4 Å². The molecule has 1 fully saturated rings. The summed E-state index contributed by atoms with van der Waals surface area (Å²) in [4.78, 5) is 8.41. The molecule has 7 nitrogen and oxygen atoms in total. The highest BCUT2D eigenvalue weighted by Gasteiger charge is 2.31. The van der Waals surface area contributed by atoms with Crippen LogP contribution < -0.4 is 10.1 Å². The van der Waals surface area contributed by atoms with Crippen molar-refractivity contribution in [3.05, 3.63) is 77.3 Å². The first-order valence-electron chi connectivity index (χ1n) is 12.3. The van der Waals surface area contributed by atoms with Gasteiger partial charge in [0, 0.05) is 36.2 Å². The molecular weight excluding hydrogens is 499 g/mol. The molecule has 0 bridgehead atoms. The summed E-state index contributed by atoms with van der Waals surface area (Å²) in [5, 5.41) is 22.7. The molecule has 0 unspecified atom stereocenters. The van der Waals surface area contributed by atoms with Crippen LogP contribution in [0.3, 0.4) is 0 Å². The van der Waals surface area contributed by atoms with Gasteiger partial charge < -0.3 is 25.0 Å². The number of nitrogens with zero attached hydrogens (tertiary/aromatic N) is 2. The van der Waals surface area contributed by atoms with E-state index in [4.69, 9.17) is 9.47 Å². The van der Waals surface area contributed by atoms with Crippen LogP contribution in [0.25, 0.3) is 23.2 Å². The lowest BCUT2D eigenvalue weighted by molar-refractivity contribution is -0.0714. The molecule has 0 spiro atoms. The molecule has 4 atom stereocenters. The van der Waals surface area contributed by atoms with Crippen molar-refractivity contribution in [2.45, 2.75) is 43.6 Å². The van der Waals surface area contributed by atoms with Gasteiger partial charge in [0.25, 0.3) is 0 Å². The number of aromatic nitrogens is 2. The number of rotatable bonds is 10. The molecule has 0 radical (unpaired) electrons. The van der Waals surface area contributed by atoms with Crippen LogP contribution in [0.5, 0.6) is 5.88 Å². The van der Waals surface area contributed by atoms with Crippen molar-refractivity contribution in [3.63, 3.8) is 0 Å². The van der Waals surface area contributed by atoms with Crippen LogP contribution in [-0.4, -0.2) is 64.8 Å². The second kappa shape index (κ2) is 13.0. The first-order chi connectivity index (χ1) is 18.4. The zero-order valence-corrected chi connectivity index (χ0v) is 20.9. The van der Waals surface area contributed by atoms with Crippen molar-refractivity contribution >= 4 is 23.2 Å². The van der Waals surface area contributed by atoms with Crippen molar-refractivity contribution < 1.29 is 32.9 Å². The number of methoxy groups -OCH3 is 1. The topological polar surface area (TPSA) is 96.7 Å². The Morgan fingerprint density at radius 1 is 1.16 bits per heavy atom. The Kier molecular flexibility index (Phi) is 9.46. The van der Waals surface area contributed by atoms with Crippen LogP contribution in [0, 0.1) is 17.5 Å². The van der Waals surface area contributed by atoms with Gasteiger partial charge in [-0.2, -0.15) is 0 Å². The Morgan fingerprint density at radius 3 is 2.79 bits per heavy atom. The van der Waals surface area contributed by atoms with Gasteiger partial charge in [-0.1, -0.05) is 24.3 Å². The van der Waals surface area contributed by atoms with E-state index in [1.807, 2.05) is 0 Å². The lowest BCUT2D eigenvalue weighted by Crippen LogP contribution is -2.48. The van der Waals surface area contributed by atoms with Gasteiger partial charge in [-0.15, -0.1) is 0 Å². The highest BCUT2D eigenvalue weighted by atomic mass is 19.1. The smallest absolute Gasteiger partial charge is 0.213 e. The summed E-state index contributed by atoms with van der Waals surface area (Å²) in [5.41, 5.74) is 1.30. The van der Waals surface area contributed by atoms with Crippen LogP contribution in [-0.2, 0) is 4.74 Å². The Hall–Kier alpha value is -3.31. The Morgan fingerprint density at radius 2 is 2.00 bits per heavy atom. The van der Waals surface area contributed by atoms with E-state index in [1.165, 1.54) is 13.2 Å². The number of benzene rings is 1. The third-order valence-corrected chi connectivity index (χ3v) is 6.39. The molecule has 0 amide bonds. The fourth-order valence-electron chi connectivity index (χ4n) is 4.42. The standard InChI is InChI=1S/C28H30F3N3O4/c1-37-27-11-10-25-28(34-27)21(23(31)15-33-25)7-5-20-6-9-24(26(38-20)14-19(36)16-35)32-12-2-3-17-13-18(29)4-8-22(17)30/h2-5,7-8,10-11,13,15,19-20,24,26,32,35-36H,6,9,12,14,16H2,1H3/t19-,20+,24+,26+/m0/s1. The molecule has 10 heteroatoms. The van der Waals surface area contributed by atoms with Crippen LogP contribution in [0.1, 0.15) is 30.4 Å². The van der Waals surface area contributed by atoms with E-state index in [9.17, 15) is 23.4 Å². The maximum atomic E-state index is 14.7. The monoisotopic (exact) mass is 529 g/mol. The third kappa shape index (κ3) is 6.96. The largest absolute Gasteiger partial charge is 0.481 e. The highest BCUT2D eigenvalue weighted by Crippen LogP contribution is 2.27. The number of fused-ring (bicyclic) bond motifs is 1. The molecule has 0 aliphatic carbocycles. The normalized spacial score (nSPS) is 20.9. The molecule has 1 aliphatic rings. The zero-order valence-electron chi connectivity index (χ0n) is 20.9. The average Bonchev–Trinajstić information content (AvgIpc) is 2.92. The summed E-state index contributed by atoms with van der Waals surface area (Å²) in [6, 6.07) is 6.45. The molecule has 4 rings (SSSR count). The zero-order chi connectivity index (χ0) is 27.1. The second-order valence-electron chi connectivity index (χ2n) is 9.05. The lowest BCUT2D eigenvalue weighted by atomic mass is 9.94. The van der Waals surface area contributed by atoms with Gasteiger partial charge in [-0.3, -0.25) is 4.98 Å². The summed E-state index contributed by atoms with van der Waals surface area (Å²) >= 11 is 0. The van der Waals surface area contributed by atoms with E-state index in [2.05, 4.69) is 15.3 Å². The van der Waals surface area contributed by atoms with Crippen molar-refractivity contribution in [2.24, 2.45) is 0 Å². The number of aliphatic hydroxyl groups excluding tert-OH is 2. The average molecular weight is 530 g/mol. The molecule has 3 N–H and O–H groups in total. The Balaban J connectivity index is 1.44. The van der Waals surface area contributed by atoms with Crippen molar-refractivity contribution in [1.82, 2.24) is 15.3 Å². The van der Waals surface area contributed by atoms with Crippen molar-refractivity contribution in [1.29, 1.82) is 0 Å². The predicted molar refractivity (Wildman–Crippen MR) is 138 cm³/mol. The van der Waals surface area contributed by atoms with Crippen LogP contribution in [0.4, 0.5) is 13.2 Å². The summed E-state index contributed by atoms with van der Waals surface area (Å²) in [5.74, 6) is -1.23. The molecule has 1 saturated heterocycles. The van der Waals surface area contributed by atoms with E-state index < -0.39 is 36.3 Å². The minimum absolute atomic E-state index is 0.145. The highest BCUT2D eigenvalue weighted by molar-refractivity contribution is 5.84. The molecular formula is C28H30F3N3O4. The third-order valence-electron chi connectivity index (χ3n) is 6.39. The van der Waals surface area contributed by atoms with Gasteiger partial charge in [-0.25, -0.2) is 18.2 Å². The Labute approximate surface area is 218 Å². The van der Waals surface area contributed by atoms with E-state index in [0.717, 1.165) is 24.4 Å². The SMILES string of the molecule is COc1ccc2ncc(F)c(C=C[C@@H]3CC[C@@H](NCC=Cc4cc(F)ccc4F)[C@@H](C[C@H](O)CO)O3)c2n1. The van der Waals surface area contributed by atoms with Gasteiger partial charge in [0.05, 0.1) is 43.7 Å². The molecule has 3 aromatic rings. The van der Waals surface area contributed by atoms with Crippen LogP contribution in [0.2, 0.25) is 0 Å². The van der Waals surface area contributed by atoms with Crippen LogP contribution in [0.15, 0.2) is 48.7 Å². The predicted octanol–water partition coefficient (Wildman–Crippen LogP) is 4.03. The molecule has 38 heavy (non-hydrogen) atoms. The fraction of sp³-hybridized carbons (Fsp3) is 0.357. The van der Waals surface area contributed by atoms with Crippen molar-refractivity contribution in [3.8, 4) is 5.88 Å². The molecule has 0 saturated carbocycles. The fourth-order valence-corrected chi connectivity index (χ4v) is 4.42. The number of halogens is 3. The summed E-state index contributed by atoms with van der Waals surface area (Å²) in [6.45, 7) is -0.0501. The minimum atomic E-state index is -0.970. The molecule has 1 aromatic carbocycles. The molecule has 1 aliphatic heterocycles. The first kappa shape index (κ1) is 27.7. The Bertz CT molecular complexity index is 1300. The summed E-state index contributed by atoms with van der Waals surface area (Å²) in [7, 11) is 1.48. The number of nitrogens with one attached hydrogen (secondary N) is 1. The quantitative estimate of drug-likeness (QED) is 0.365. The molecule has 2 aromatic heterocycles. The number of aliphatic hydroxyl groups is 2. The van der Waals surface area contributed by atoms with Gasteiger partial charge in [0.2, 0.25) is 5.88 Å². The maximum Gasteiger partial charge on any atom is 0.213 e. The first-order valence-corrected chi connectivity index (χ1v) is 12.3. The summed E-state index contributed by atoms with van der Waals surface area (Å²) < 4.78 is 53.2. The maximum absolute atomic E-state index is 14.7. The van der Waals surface area contributed by atoms with Crippen LogP contribution >= 0.6 is 0 Å². The van der Waals surface area contributed by atoms with E-state index in [0.29, 0.717) is 36.3 Å². The molecule has 3 heterocycles. The number of pyridine rings is 2. The second-order valence-corrected chi connectivity index (χ2v) is 9.05. The van der Waals surface area contributed by atoms with Gasteiger partial charge in [0.1, 0.15) is 17.2 Å². The molecule has 202 valence electrons. The van der Waals surface area contributed by atoms with Gasteiger partial charge >= 0.3 is 0 Å². The van der Waals surface area contributed by atoms with E-state index in [-0.39, 0.29) is 29.7 Å². The lowest BCUT2D eigenvalue weighted by Gasteiger charge is -2.37. The van der Waals surface area contributed by atoms with Gasteiger partial charge in [-0.05, 0) is 37.1 Å². The minimum Gasteiger partial charge on any atom is -0.481 e. The number of hydrogen-bond donors (Lipinski definition) is 3.